The van der Waals surface area contributed by atoms with Crippen LogP contribution in [0.4, 0.5) is 17.2 Å². The number of rotatable bonds is 2. The first-order valence-electron chi connectivity index (χ1n) is 6.03. The lowest BCUT2D eigenvalue weighted by atomic mass is 10.1. The number of aromatic nitrogens is 2. The summed E-state index contributed by atoms with van der Waals surface area (Å²) in [5.41, 5.74) is 7.39. The van der Waals surface area contributed by atoms with E-state index in [0.717, 1.165) is 16.5 Å². The van der Waals surface area contributed by atoms with E-state index in [4.69, 9.17) is 11.0 Å². The Hall–Kier alpha value is -3.13. The molecule has 0 aliphatic heterocycles. The number of pyridine rings is 2. The molecule has 0 saturated heterocycles. The van der Waals surface area contributed by atoms with Crippen LogP contribution in [-0.4, -0.2) is 9.97 Å². The maximum absolute atomic E-state index is 9.14. The van der Waals surface area contributed by atoms with Crippen molar-refractivity contribution in [2.75, 3.05) is 11.1 Å². The van der Waals surface area contributed by atoms with Gasteiger partial charge in [0.25, 0.3) is 0 Å². The van der Waals surface area contributed by atoms with Gasteiger partial charge in [-0.1, -0.05) is 12.1 Å². The van der Waals surface area contributed by atoms with Gasteiger partial charge in [0.05, 0.1) is 17.4 Å². The predicted octanol–water partition coefficient (Wildman–Crippen LogP) is 2.83. The van der Waals surface area contributed by atoms with Crippen molar-refractivity contribution in [3.63, 3.8) is 0 Å². The van der Waals surface area contributed by atoms with Crippen molar-refractivity contribution >= 4 is 28.0 Å². The van der Waals surface area contributed by atoms with Crippen molar-refractivity contribution in [2.45, 2.75) is 0 Å². The van der Waals surface area contributed by atoms with E-state index in [2.05, 4.69) is 21.4 Å². The summed E-state index contributed by atoms with van der Waals surface area (Å²) in [4.78, 5) is 8.27. The van der Waals surface area contributed by atoms with Crippen LogP contribution >= 0.6 is 0 Å². The van der Waals surface area contributed by atoms with Crippen LogP contribution < -0.4 is 11.1 Å². The minimum absolute atomic E-state index is 0.413. The van der Waals surface area contributed by atoms with Crippen LogP contribution in [0.25, 0.3) is 10.8 Å². The van der Waals surface area contributed by atoms with Crippen LogP contribution in [0.1, 0.15) is 5.56 Å². The van der Waals surface area contributed by atoms with Gasteiger partial charge in [0.15, 0.2) is 0 Å². The van der Waals surface area contributed by atoms with Crippen molar-refractivity contribution in [2.24, 2.45) is 0 Å². The number of nitrogen functional groups attached to an aromatic ring is 1. The number of hydrogen-bond acceptors (Lipinski definition) is 5. The number of hydrogen-bond donors (Lipinski definition) is 2. The lowest BCUT2D eigenvalue weighted by molar-refractivity contribution is 1.29. The molecule has 3 N–H and O–H groups in total. The van der Waals surface area contributed by atoms with Crippen molar-refractivity contribution < 1.29 is 0 Å². The normalized spacial score (nSPS) is 10.2. The standard InChI is InChI=1S/C15H11N5/c16-7-11-6-12(17)9-19-15(11)20-14-3-1-2-10-8-18-5-4-13(10)14/h1-6,8-9H,17H2,(H,19,20). The smallest absolute Gasteiger partial charge is 0.148 e. The van der Waals surface area contributed by atoms with Crippen LogP contribution in [0.5, 0.6) is 0 Å². The number of nitrogens with two attached hydrogens (primary N) is 1. The second kappa shape index (κ2) is 4.86. The summed E-state index contributed by atoms with van der Waals surface area (Å²) in [5, 5.41) is 14.4. The molecule has 3 aromatic rings. The molecule has 0 unspecified atom stereocenters. The summed E-state index contributed by atoms with van der Waals surface area (Å²) in [6, 6.07) is 11.4. The van der Waals surface area contributed by atoms with Gasteiger partial charge in [-0.25, -0.2) is 4.98 Å². The predicted molar refractivity (Wildman–Crippen MR) is 78.4 cm³/mol. The molecule has 0 saturated carbocycles. The van der Waals surface area contributed by atoms with Gasteiger partial charge in [0.1, 0.15) is 11.9 Å². The second-order valence-electron chi connectivity index (χ2n) is 4.30. The summed E-state index contributed by atoms with van der Waals surface area (Å²) in [6.07, 6.45) is 5.05. The lowest BCUT2D eigenvalue weighted by Crippen LogP contribution is -1.99. The summed E-state index contributed by atoms with van der Waals surface area (Å²) in [5.74, 6) is 0.492. The molecule has 0 amide bonds. The van der Waals surface area contributed by atoms with E-state index >= 15 is 0 Å². The van der Waals surface area contributed by atoms with Gasteiger partial charge in [-0.05, 0) is 18.2 Å². The molecule has 0 spiro atoms. The number of nitrogens with one attached hydrogen (secondary N) is 1. The Labute approximate surface area is 115 Å². The Kier molecular flexibility index (Phi) is 2.90. The Bertz CT molecular complexity index is 815. The van der Waals surface area contributed by atoms with E-state index in [-0.39, 0.29) is 0 Å². The topological polar surface area (TPSA) is 87.6 Å². The molecule has 0 aliphatic carbocycles. The largest absolute Gasteiger partial charge is 0.397 e. The zero-order chi connectivity index (χ0) is 13.9. The molecule has 5 heteroatoms. The molecule has 5 nitrogen and oxygen atoms in total. The van der Waals surface area contributed by atoms with E-state index in [1.54, 1.807) is 18.5 Å². The van der Waals surface area contributed by atoms with Gasteiger partial charge in [0, 0.05) is 28.9 Å². The highest BCUT2D eigenvalue weighted by Crippen LogP contribution is 2.26. The summed E-state index contributed by atoms with van der Waals surface area (Å²) in [7, 11) is 0. The number of nitriles is 1. The first-order valence-corrected chi connectivity index (χ1v) is 6.03. The fourth-order valence-corrected chi connectivity index (χ4v) is 2.02. The molecule has 20 heavy (non-hydrogen) atoms. The highest BCUT2D eigenvalue weighted by atomic mass is 15.0. The zero-order valence-corrected chi connectivity index (χ0v) is 10.5. The van der Waals surface area contributed by atoms with Crippen LogP contribution in [0, 0.1) is 11.3 Å². The van der Waals surface area contributed by atoms with Crippen LogP contribution in [0.2, 0.25) is 0 Å². The first kappa shape index (κ1) is 11.9. The Morgan fingerprint density at radius 3 is 2.95 bits per heavy atom. The molecule has 2 aromatic heterocycles. The van der Waals surface area contributed by atoms with Crippen LogP contribution in [0.3, 0.4) is 0 Å². The lowest BCUT2D eigenvalue weighted by Gasteiger charge is -2.10. The van der Waals surface area contributed by atoms with Gasteiger partial charge < -0.3 is 11.1 Å². The van der Waals surface area contributed by atoms with E-state index < -0.39 is 0 Å². The Morgan fingerprint density at radius 1 is 1.20 bits per heavy atom. The minimum atomic E-state index is 0.413. The average Bonchev–Trinajstić information content (AvgIpc) is 2.49. The van der Waals surface area contributed by atoms with Crippen molar-refractivity contribution in [3.05, 3.63) is 54.5 Å². The van der Waals surface area contributed by atoms with Gasteiger partial charge in [-0.3, -0.25) is 4.98 Å². The average molecular weight is 261 g/mol. The van der Waals surface area contributed by atoms with E-state index in [9.17, 15) is 0 Å². The SMILES string of the molecule is N#Cc1cc(N)cnc1Nc1cccc2cnccc12. The molecule has 0 aliphatic rings. The third kappa shape index (κ3) is 2.10. The summed E-state index contributed by atoms with van der Waals surface area (Å²) in [6.45, 7) is 0. The summed E-state index contributed by atoms with van der Waals surface area (Å²) < 4.78 is 0. The number of anilines is 3. The van der Waals surface area contributed by atoms with E-state index in [1.165, 1.54) is 6.20 Å². The van der Waals surface area contributed by atoms with Crippen LogP contribution in [-0.2, 0) is 0 Å². The molecule has 1 aromatic carbocycles. The molecular formula is C15H11N5. The molecule has 3 rings (SSSR count). The second-order valence-corrected chi connectivity index (χ2v) is 4.30. The molecule has 0 bridgehead atoms. The molecule has 0 radical (unpaired) electrons. The van der Waals surface area contributed by atoms with Crippen LogP contribution in [0.15, 0.2) is 48.9 Å². The van der Waals surface area contributed by atoms with Gasteiger partial charge in [0.2, 0.25) is 0 Å². The van der Waals surface area contributed by atoms with Gasteiger partial charge in [-0.15, -0.1) is 0 Å². The van der Waals surface area contributed by atoms with Crippen molar-refractivity contribution in [1.82, 2.24) is 9.97 Å². The minimum Gasteiger partial charge on any atom is -0.397 e. The third-order valence-corrected chi connectivity index (χ3v) is 2.96. The van der Waals surface area contributed by atoms with E-state index in [1.807, 2.05) is 24.3 Å². The van der Waals surface area contributed by atoms with Crippen molar-refractivity contribution in [3.8, 4) is 6.07 Å². The molecule has 0 fully saturated rings. The first-order chi connectivity index (χ1) is 9.78. The highest BCUT2D eigenvalue weighted by molar-refractivity contribution is 5.94. The molecule has 2 heterocycles. The number of benzene rings is 1. The maximum Gasteiger partial charge on any atom is 0.148 e. The molecule has 96 valence electrons. The van der Waals surface area contributed by atoms with Gasteiger partial charge >= 0.3 is 0 Å². The Morgan fingerprint density at radius 2 is 2.10 bits per heavy atom. The fourth-order valence-electron chi connectivity index (χ4n) is 2.02. The third-order valence-electron chi connectivity index (χ3n) is 2.96. The van der Waals surface area contributed by atoms with Gasteiger partial charge in [-0.2, -0.15) is 5.26 Å². The maximum atomic E-state index is 9.14. The summed E-state index contributed by atoms with van der Waals surface area (Å²) >= 11 is 0. The fraction of sp³-hybridized carbons (Fsp3) is 0. The Balaban J connectivity index is 2.08. The quantitative estimate of drug-likeness (QED) is 0.740. The highest BCUT2D eigenvalue weighted by Gasteiger charge is 2.07. The van der Waals surface area contributed by atoms with Crippen molar-refractivity contribution in [1.29, 1.82) is 5.26 Å². The zero-order valence-electron chi connectivity index (χ0n) is 10.5. The molecule has 0 atom stereocenters. The van der Waals surface area contributed by atoms with E-state index in [0.29, 0.717) is 17.1 Å². The monoisotopic (exact) mass is 261 g/mol. The molecular weight excluding hydrogens is 250 g/mol. The number of nitrogens with zero attached hydrogens (tertiary/aromatic N) is 3. The number of fused-ring (bicyclic) bond motifs is 1.